The number of nitrogens with one attached hydrogen (secondary N) is 2. The molecule has 1 aliphatic carbocycles. The first kappa shape index (κ1) is 12.4. The Kier molecular flexibility index (Phi) is 3.57. The highest BCUT2D eigenvalue weighted by atomic mass is 16.1. The molecule has 1 saturated carbocycles. The number of nitrogens with zero attached hydrogens (tertiary/aromatic N) is 1. The minimum atomic E-state index is 0.237. The zero-order valence-corrected chi connectivity index (χ0v) is 11.3. The van der Waals surface area contributed by atoms with E-state index in [0.29, 0.717) is 18.5 Å². The van der Waals surface area contributed by atoms with Gasteiger partial charge in [0.25, 0.3) is 0 Å². The van der Waals surface area contributed by atoms with Gasteiger partial charge in [0.2, 0.25) is 5.91 Å². The fraction of sp³-hybridized carbons (Fsp3) is 0.929. The molecule has 1 amide bonds. The molecule has 2 atom stereocenters. The van der Waals surface area contributed by atoms with Crippen molar-refractivity contribution < 1.29 is 4.79 Å². The maximum absolute atomic E-state index is 11.7. The van der Waals surface area contributed by atoms with Crippen LogP contribution in [-0.4, -0.2) is 48.6 Å². The number of hydrogen-bond donors (Lipinski definition) is 2. The lowest BCUT2D eigenvalue weighted by Crippen LogP contribution is -2.47. The van der Waals surface area contributed by atoms with E-state index in [2.05, 4.69) is 22.6 Å². The molecule has 0 aromatic rings. The second-order valence-corrected chi connectivity index (χ2v) is 6.34. The molecule has 4 heteroatoms. The SMILES string of the molecule is CN(CCC(=O)NC1CC1)C1CC2CCC(C1)N2. The molecule has 18 heavy (non-hydrogen) atoms. The van der Waals surface area contributed by atoms with Gasteiger partial charge in [-0.05, 0) is 45.6 Å². The Morgan fingerprint density at radius 2 is 1.89 bits per heavy atom. The number of hydrogen-bond acceptors (Lipinski definition) is 3. The average Bonchev–Trinajstić information content (AvgIpc) is 3.11. The predicted molar refractivity (Wildman–Crippen MR) is 71.4 cm³/mol. The lowest BCUT2D eigenvalue weighted by molar-refractivity contribution is -0.121. The number of piperidine rings is 1. The Balaban J connectivity index is 1.40. The molecule has 3 rings (SSSR count). The number of amides is 1. The first-order valence-corrected chi connectivity index (χ1v) is 7.46. The maximum Gasteiger partial charge on any atom is 0.221 e. The van der Waals surface area contributed by atoms with Gasteiger partial charge in [0.05, 0.1) is 0 Å². The van der Waals surface area contributed by atoms with Gasteiger partial charge in [-0.1, -0.05) is 0 Å². The molecule has 2 aliphatic heterocycles. The third-order valence-corrected chi connectivity index (χ3v) is 4.71. The highest BCUT2D eigenvalue weighted by Crippen LogP contribution is 2.29. The van der Waals surface area contributed by atoms with Crippen molar-refractivity contribution in [1.29, 1.82) is 0 Å². The highest BCUT2D eigenvalue weighted by Gasteiger charge is 2.35. The van der Waals surface area contributed by atoms with Crippen molar-refractivity contribution in [3.05, 3.63) is 0 Å². The minimum Gasteiger partial charge on any atom is -0.353 e. The van der Waals surface area contributed by atoms with E-state index in [1.54, 1.807) is 0 Å². The van der Waals surface area contributed by atoms with Gasteiger partial charge in [-0.3, -0.25) is 4.79 Å². The van der Waals surface area contributed by atoms with Crippen LogP contribution in [0.25, 0.3) is 0 Å². The number of fused-ring (bicyclic) bond motifs is 2. The van der Waals surface area contributed by atoms with Crippen molar-refractivity contribution in [3.8, 4) is 0 Å². The third kappa shape index (κ3) is 3.04. The molecule has 3 fully saturated rings. The van der Waals surface area contributed by atoms with E-state index in [4.69, 9.17) is 0 Å². The Morgan fingerprint density at radius 3 is 2.50 bits per heavy atom. The first-order valence-electron chi connectivity index (χ1n) is 7.46. The number of carbonyl (C=O) groups is 1. The Hall–Kier alpha value is -0.610. The van der Waals surface area contributed by atoms with Crippen LogP contribution in [0.15, 0.2) is 0 Å². The number of rotatable bonds is 5. The van der Waals surface area contributed by atoms with E-state index in [9.17, 15) is 4.79 Å². The summed E-state index contributed by atoms with van der Waals surface area (Å²) in [6.07, 6.45) is 8.23. The fourth-order valence-electron chi connectivity index (χ4n) is 3.38. The topological polar surface area (TPSA) is 44.4 Å². The summed E-state index contributed by atoms with van der Waals surface area (Å²) in [5, 5.41) is 6.73. The van der Waals surface area contributed by atoms with Crippen LogP contribution in [-0.2, 0) is 4.79 Å². The van der Waals surface area contributed by atoms with Crippen molar-refractivity contribution in [1.82, 2.24) is 15.5 Å². The Bertz CT molecular complexity index is 304. The summed E-state index contributed by atoms with van der Waals surface area (Å²) in [4.78, 5) is 14.1. The van der Waals surface area contributed by atoms with E-state index >= 15 is 0 Å². The van der Waals surface area contributed by atoms with Crippen LogP contribution in [0.2, 0.25) is 0 Å². The molecular formula is C14H25N3O. The van der Waals surface area contributed by atoms with Crippen LogP contribution >= 0.6 is 0 Å². The van der Waals surface area contributed by atoms with Crippen molar-refractivity contribution in [2.24, 2.45) is 0 Å². The summed E-state index contributed by atoms with van der Waals surface area (Å²) in [6.45, 7) is 0.905. The van der Waals surface area contributed by atoms with E-state index < -0.39 is 0 Å². The van der Waals surface area contributed by atoms with Crippen molar-refractivity contribution in [2.45, 2.75) is 69.1 Å². The average molecular weight is 251 g/mol. The molecule has 0 aromatic heterocycles. The quantitative estimate of drug-likeness (QED) is 0.762. The molecule has 102 valence electrons. The molecule has 3 aliphatic rings. The molecule has 2 bridgehead atoms. The lowest BCUT2D eigenvalue weighted by atomic mass is 9.98. The molecule has 0 spiro atoms. The van der Waals surface area contributed by atoms with Crippen molar-refractivity contribution in [2.75, 3.05) is 13.6 Å². The van der Waals surface area contributed by atoms with Gasteiger partial charge in [0.1, 0.15) is 0 Å². The van der Waals surface area contributed by atoms with Gasteiger partial charge >= 0.3 is 0 Å². The summed E-state index contributed by atoms with van der Waals surface area (Å²) in [5.74, 6) is 0.237. The van der Waals surface area contributed by atoms with Gasteiger partial charge < -0.3 is 15.5 Å². The second kappa shape index (κ2) is 5.17. The van der Waals surface area contributed by atoms with Crippen LogP contribution in [0.4, 0.5) is 0 Å². The summed E-state index contributed by atoms with van der Waals surface area (Å²) < 4.78 is 0. The summed E-state index contributed by atoms with van der Waals surface area (Å²) in [7, 11) is 2.18. The third-order valence-electron chi connectivity index (χ3n) is 4.71. The van der Waals surface area contributed by atoms with E-state index in [-0.39, 0.29) is 5.91 Å². The van der Waals surface area contributed by atoms with Crippen LogP contribution in [0, 0.1) is 0 Å². The van der Waals surface area contributed by atoms with E-state index in [0.717, 1.165) is 18.6 Å². The van der Waals surface area contributed by atoms with E-state index in [1.165, 1.54) is 38.5 Å². The molecule has 2 heterocycles. The lowest BCUT2D eigenvalue weighted by Gasteiger charge is -2.35. The maximum atomic E-state index is 11.7. The first-order chi connectivity index (χ1) is 8.70. The largest absolute Gasteiger partial charge is 0.353 e. The zero-order chi connectivity index (χ0) is 12.5. The monoisotopic (exact) mass is 251 g/mol. The zero-order valence-electron chi connectivity index (χ0n) is 11.3. The highest BCUT2D eigenvalue weighted by molar-refractivity contribution is 5.76. The molecular weight excluding hydrogens is 226 g/mol. The fourth-order valence-corrected chi connectivity index (χ4v) is 3.38. The molecule has 0 aromatic carbocycles. The van der Waals surface area contributed by atoms with E-state index in [1.807, 2.05) is 0 Å². The minimum absolute atomic E-state index is 0.237. The van der Waals surface area contributed by atoms with Gasteiger partial charge in [-0.25, -0.2) is 0 Å². The molecule has 2 N–H and O–H groups in total. The Morgan fingerprint density at radius 1 is 1.22 bits per heavy atom. The van der Waals surface area contributed by atoms with Gasteiger partial charge in [-0.15, -0.1) is 0 Å². The standard InChI is InChI=1S/C14H25N3O/c1-17(7-6-14(18)16-10-2-3-10)13-8-11-4-5-12(9-13)15-11/h10-13,15H,2-9H2,1H3,(H,16,18). The number of carbonyl (C=O) groups excluding carboxylic acids is 1. The van der Waals surface area contributed by atoms with Crippen LogP contribution in [0.1, 0.15) is 44.9 Å². The summed E-state index contributed by atoms with van der Waals surface area (Å²) in [5.41, 5.74) is 0. The van der Waals surface area contributed by atoms with Gasteiger partial charge in [0.15, 0.2) is 0 Å². The molecule has 2 unspecified atom stereocenters. The molecule has 2 saturated heterocycles. The van der Waals surface area contributed by atoms with Crippen LogP contribution in [0.3, 0.4) is 0 Å². The second-order valence-electron chi connectivity index (χ2n) is 6.34. The van der Waals surface area contributed by atoms with Gasteiger partial charge in [0, 0.05) is 37.1 Å². The predicted octanol–water partition coefficient (Wildman–Crippen LogP) is 0.870. The van der Waals surface area contributed by atoms with Crippen LogP contribution < -0.4 is 10.6 Å². The van der Waals surface area contributed by atoms with Gasteiger partial charge in [-0.2, -0.15) is 0 Å². The summed E-state index contributed by atoms with van der Waals surface area (Å²) >= 11 is 0. The molecule has 0 radical (unpaired) electrons. The van der Waals surface area contributed by atoms with Crippen molar-refractivity contribution in [3.63, 3.8) is 0 Å². The summed E-state index contributed by atoms with van der Waals surface area (Å²) in [6, 6.07) is 2.64. The Labute approximate surface area is 109 Å². The smallest absolute Gasteiger partial charge is 0.221 e. The normalized spacial score (nSPS) is 34.9. The van der Waals surface area contributed by atoms with Crippen molar-refractivity contribution >= 4 is 5.91 Å². The molecule has 4 nitrogen and oxygen atoms in total. The van der Waals surface area contributed by atoms with Crippen LogP contribution in [0.5, 0.6) is 0 Å².